The van der Waals surface area contributed by atoms with Crippen molar-refractivity contribution in [3.63, 3.8) is 0 Å². The van der Waals surface area contributed by atoms with Crippen LogP contribution in [0.1, 0.15) is 142 Å². The normalized spacial score (nSPS) is 12.0. The van der Waals surface area contributed by atoms with Gasteiger partial charge < -0.3 is 14.7 Å². The number of aliphatic hydroxyl groups is 2. The highest BCUT2D eigenvalue weighted by Gasteiger charge is 2.25. The molecule has 0 radical (unpaired) electrons. The lowest BCUT2D eigenvalue weighted by molar-refractivity contribution is -0.929. The van der Waals surface area contributed by atoms with Crippen molar-refractivity contribution >= 4 is 0 Å². The Morgan fingerprint density at radius 3 is 0.871 bits per heavy atom. The summed E-state index contributed by atoms with van der Waals surface area (Å²) in [7, 11) is 0. The average Bonchev–Trinajstić information content (AvgIpc) is 2.77. The lowest BCUT2D eigenvalue weighted by atomic mass is 10.1. The van der Waals surface area contributed by atoms with E-state index in [1.807, 2.05) is 0 Å². The number of rotatable bonds is 26. The van der Waals surface area contributed by atoms with Crippen molar-refractivity contribution in [2.24, 2.45) is 0 Å². The second-order valence-electron chi connectivity index (χ2n) is 10.0. The van der Waals surface area contributed by atoms with Crippen LogP contribution < -0.4 is 0 Å². The van der Waals surface area contributed by atoms with Gasteiger partial charge in [0.25, 0.3) is 0 Å². The fraction of sp³-hybridized carbons (Fsp3) is 1.00. The summed E-state index contributed by atoms with van der Waals surface area (Å²) in [6.45, 7) is 8.95. The summed E-state index contributed by atoms with van der Waals surface area (Å²) in [5.74, 6) is 0. The van der Waals surface area contributed by atoms with Crippen LogP contribution in [0.2, 0.25) is 0 Å². The van der Waals surface area contributed by atoms with Crippen LogP contribution in [0.3, 0.4) is 0 Å². The lowest BCUT2D eigenvalue weighted by Crippen LogP contribution is -2.52. The molecular weight excluding hydrogens is 382 g/mol. The minimum absolute atomic E-state index is 0.246. The molecule has 0 aromatic heterocycles. The van der Waals surface area contributed by atoms with E-state index in [0.29, 0.717) is 0 Å². The Hall–Kier alpha value is -0.120. The summed E-state index contributed by atoms with van der Waals surface area (Å²) in [5, 5.41) is 19.3. The predicted octanol–water partition coefficient (Wildman–Crippen LogP) is 7.63. The van der Waals surface area contributed by atoms with Crippen molar-refractivity contribution < 1.29 is 14.7 Å². The molecule has 2 N–H and O–H groups in total. The van der Waals surface area contributed by atoms with E-state index in [-0.39, 0.29) is 13.2 Å². The molecule has 0 aromatic carbocycles. The second kappa shape index (κ2) is 24.5. The van der Waals surface area contributed by atoms with Gasteiger partial charge in [0, 0.05) is 0 Å². The summed E-state index contributed by atoms with van der Waals surface area (Å²) in [6.07, 6.45) is 27.3. The Labute approximate surface area is 196 Å². The number of nitrogens with zero attached hydrogens (tertiary/aromatic N) is 1. The van der Waals surface area contributed by atoms with Gasteiger partial charge >= 0.3 is 0 Å². The summed E-state index contributed by atoms with van der Waals surface area (Å²) in [6, 6.07) is 0. The van der Waals surface area contributed by atoms with Crippen LogP contribution in [-0.4, -0.2) is 54.1 Å². The van der Waals surface area contributed by atoms with Gasteiger partial charge in [-0.25, -0.2) is 0 Å². The molecule has 3 heteroatoms. The number of hydrogen-bond donors (Lipinski definition) is 2. The molecule has 0 unspecified atom stereocenters. The van der Waals surface area contributed by atoms with E-state index in [0.717, 1.165) is 30.7 Å². The van der Waals surface area contributed by atoms with Crippen molar-refractivity contribution in [1.82, 2.24) is 0 Å². The first-order valence-corrected chi connectivity index (χ1v) is 14.3. The SMILES string of the molecule is CCCCCCCCCCCC[N+](CCO)(CCO)CCCCCCCCCCCC. The number of aliphatic hydroxyl groups excluding tert-OH is 2. The van der Waals surface area contributed by atoms with Gasteiger partial charge in [-0.1, -0.05) is 117 Å². The molecule has 188 valence electrons. The van der Waals surface area contributed by atoms with E-state index in [4.69, 9.17) is 0 Å². The molecule has 0 aliphatic carbocycles. The standard InChI is InChI=1S/C28H60NO2/c1-3-5-7-9-11-13-15-17-19-21-23-29(25-27-30,26-28-31)24-22-20-18-16-14-12-10-8-6-4-2/h30-31H,3-28H2,1-2H3/q+1. The number of unbranched alkanes of at least 4 members (excludes halogenated alkanes) is 18. The molecule has 0 saturated heterocycles. The summed E-state index contributed by atoms with van der Waals surface area (Å²) >= 11 is 0. The van der Waals surface area contributed by atoms with E-state index < -0.39 is 0 Å². The molecule has 0 aliphatic heterocycles. The van der Waals surface area contributed by atoms with Crippen molar-refractivity contribution in [3.8, 4) is 0 Å². The van der Waals surface area contributed by atoms with Crippen LogP contribution in [0.5, 0.6) is 0 Å². The van der Waals surface area contributed by atoms with Gasteiger partial charge in [0.15, 0.2) is 0 Å². The van der Waals surface area contributed by atoms with Crippen molar-refractivity contribution in [2.75, 3.05) is 39.4 Å². The molecule has 0 amide bonds. The largest absolute Gasteiger partial charge is 0.391 e. The van der Waals surface area contributed by atoms with Crippen LogP contribution in [0.25, 0.3) is 0 Å². The van der Waals surface area contributed by atoms with Gasteiger partial charge in [0.2, 0.25) is 0 Å². The van der Waals surface area contributed by atoms with Gasteiger partial charge in [-0.2, -0.15) is 0 Å². The molecular formula is C28H60NO2+. The summed E-state index contributed by atoms with van der Waals surface area (Å²) in [4.78, 5) is 0. The maximum absolute atomic E-state index is 9.65. The van der Waals surface area contributed by atoms with Crippen LogP contribution in [-0.2, 0) is 0 Å². The Morgan fingerprint density at radius 2 is 0.613 bits per heavy atom. The topological polar surface area (TPSA) is 40.5 Å². The highest BCUT2D eigenvalue weighted by atomic mass is 16.3. The molecule has 0 rings (SSSR count). The average molecular weight is 443 g/mol. The third kappa shape index (κ3) is 20.2. The number of hydrogen-bond acceptors (Lipinski definition) is 2. The van der Waals surface area contributed by atoms with E-state index in [1.54, 1.807) is 0 Å². The molecule has 0 aliphatic rings. The Kier molecular flexibility index (Phi) is 24.4. The first-order chi connectivity index (χ1) is 15.2. The zero-order valence-electron chi connectivity index (χ0n) is 21.7. The Balaban J connectivity index is 3.92. The first-order valence-electron chi connectivity index (χ1n) is 14.3. The van der Waals surface area contributed by atoms with Crippen LogP contribution in [0.15, 0.2) is 0 Å². The van der Waals surface area contributed by atoms with Gasteiger partial charge in [0.1, 0.15) is 13.1 Å². The maximum Gasteiger partial charge on any atom is 0.102 e. The van der Waals surface area contributed by atoms with Crippen LogP contribution in [0.4, 0.5) is 0 Å². The molecule has 0 bridgehead atoms. The van der Waals surface area contributed by atoms with Gasteiger partial charge in [-0.05, 0) is 25.7 Å². The predicted molar refractivity (Wildman–Crippen MR) is 138 cm³/mol. The van der Waals surface area contributed by atoms with E-state index in [9.17, 15) is 10.2 Å². The third-order valence-electron chi connectivity index (χ3n) is 7.12. The fourth-order valence-corrected chi connectivity index (χ4v) is 4.96. The fourth-order valence-electron chi connectivity index (χ4n) is 4.96. The van der Waals surface area contributed by atoms with Crippen molar-refractivity contribution in [3.05, 3.63) is 0 Å². The highest BCUT2D eigenvalue weighted by Crippen LogP contribution is 2.17. The molecule has 0 aromatic rings. The Bertz CT molecular complexity index is 303. The second-order valence-corrected chi connectivity index (χ2v) is 10.0. The lowest BCUT2D eigenvalue weighted by Gasteiger charge is -2.38. The third-order valence-corrected chi connectivity index (χ3v) is 7.12. The monoisotopic (exact) mass is 442 g/mol. The minimum Gasteiger partial charge on any atom is -0.391 e. The molecule has 0 fully saturated rings. The van der Waals surface area contributed by atoms with Crippen LogP contribution in [0, 0.1) is 0 Å². The highest BCUT2D eigenvalue weighted by molar-refractivity contribution is 4.53. The molecule has 0 saturated carbocycles. The van der Waals surface area contributed by atoms with Gasteiger partial charge in [0.05, 0.1) is 26.3 Å². The quantitative estimate of drug-likeness (QED) is 0.107. The molecule has 0 atom stereocenters. The summed E-state index contributed by atoms with van der Waals surface area (Å²) < 4.78 is 0.932. The molecule has 0 spiro atoms. The van der Waals surface area contributed by atoms with Crippen LogP contribution >= 0.6 is 0 Å². The zero-order chi connectivity index (χ0) is 22.9. The molecule has 3 nitrogen and oxygen atoms in total. The molecule has 31 heavy (non-hydrogen) atoms. The Morgan fingerprint density at radius 1 is 0.355 bits per heavy atom. The summed E-state index contributed by atoms with van der Waals surface area (Å²) in [5.41, 5.74) is 0. The number of quaternary nitrogens is 1. The van der Waals surface area contributed by atoms with Gasteiger partial charge in [-0.3, -0.25) is 0 Å². The van der Waals surface area contributed by atoms with E-state index in [2.05, 4.69) is 13.8 Å². The minimum atomic E-state index is 0.246. The maximum atomic E-state index is 9.65. The van der Waals surface area contributed by atoms with E-state index in [1.165, 1.54) is 128 Å². The van der Waals surface area contributed by atoms with Gasteiger partial charge in [-0.15, -0.1) is 0 Å². The molecule has 0 heterocycles. The smallest absolute Gasteiger partial charge is 0.102 e. The first kappa shape index (κ1) is 30.9. The van der Waals surface area contributed by atoms with Crippen molar-refractivity contribution in [1.29, 1.82) is 0 Å². The van der Waals surface area contributed by atoms with Crippen molar-refractivity contribution in [2.45, 2.75) is 142 Å². The zero-order valence-corrected chi connectivity index (χ0v) is 21.7. The van der Waals surface area contributed by atoms with E-state index >= 15 is 0 Å².